The fraction of sp³-hybridized carbons (Fsp3) is 0.125. The molecule has 38 heavy (non-hydrogen) atoms. The summed E-state index contributed by atoms with van der Waals surface area (Å²) in [6.45, 7) is 12.2. The van der Waals surface area contributed by atoms with Gasteiger partial charge < -0.3 is 10.6 Å². The maximum atomic E-state index is 12.6. The quantitative estimate of drug-likeness (QED) is 0.162. The number of amides is 2. The molecule has 1 aromatic heterocycles. The SMILES string of the molecule is C=C(/C=C\C(=C/CC)c1cc(C(=C)/C=C\C=C(/CC)NC=O)c2ncncc2c1)C(=O)Nc1ccccc1. The van der Waals surface area contributed by atoms with Crippen LogP contribution in [0.4, 0.5) is 5.69 Å². The molecule has 0 radical (unpaired) electrons. The van der Waals surface area contributed by atoms with E-state index < -0.39 is 0 Å². The van der Waals surface area contributed by atoms with Crippen molar-refractivity contribution in [3.63, 3.8) is 0 Å². The lowest BCUT2D eigenvalue weighted by molar-refractivity contribution is -0.112. The molecule has 2 N–H and O–H groups in total. The first-order valence-corrected chi connectivity index (χ1v) is 12.4. The lowest BCUT2D eigenvalue weighted by Crippen LogP contribution is -2.12. The number of carbonyl (C=O) groups excluding carboxylic acids is 2. The van der Waals surface area contributed by atoms with Gasteiger partial charge in [0.05, 0.1) is 5.52 Å². The molecule has 3 rings (SSSR count). The Labute approximate surface area is 223 Å². The molecule has 192 valence electrons. The van der Waals surface area contributed by atoms with E-state index in [9.17, 15) is 9.59 Å². The largest absolute Gasteiger partial charge is 0.332 e. The summed E-state index contributed by atoms with van der Waals surface area (Å²) in [7, 11) is 0. The van der Waals surface area contributed by atoms with Crippen molar-refractivity contribution < 1.29 is 9.59 Å². The maximum absolute atomic E-state index is 12.6. The lowest BCUT2D eigenvalue weighted by atomic mass is 9.95. The van der Waals surface area contributed by atoms with E-state index in [0.717, 1.165) is 45.3 Å². The standard InChI is InChI=1S/C32H32N4O2/c1-5-11-25(17-16-24(4)32(38)36-29-13-8-7-9-14-29)26-18-27-20-33-21-34-31(27)30(19-26)23(3)12-10-15-28(6-2)35-22-37/h7-22H,3-6H2,1-2H3,(H,35,37)(H,36,38)/b12-10-,17-16-,25-11+,28-15+. The van der Waals surface area contributed by atoms with E-state index in [1.165, 1.54) is 6.33 Å². The Morgan fingerprint density at radius 1 is 1.05 bits per heavy atom. The molecule has 0 aliphatic heterocycles. The number of allylic oxidation sites excluding steroid dienone is 8. The van der Waals surface area contributed by atoms with Crippen molar-refractivity contribution in [1.29, 1.82) is 0 Å². The van der Waals surface area contributed by atoms with E-state index in [2.05, 4.69) is 46.8 Å². The number of fused-ring (bicyclic) bond motifs is 1. The van der Waals surface area contributed by atoms with Crippen molar-refractivity contribution in [3.05, 3.63) is 127 Å². The van der Waals surface area contributed by atoms with Crippen LogP contribution in [0, 0.1) is 0 Å². The van der Waals surface area contributed by atoms with Crippen molar-refractivity contribution >= 4 is 40.1 Å². The first-order chi connectivity index (χ1) is 18.5. The average Bonchev–Trinajstić information content (AvgIpc) is 2.94. The zero-order chi connectivity index (χ0) is 27.3. The third-order valence-electron chi connectivity index (χ3n) is 5.72. The van der Waals surface area contributed by atoms with Crippen molar-refractivity contribution in [2.24, 2.45) is 0 Å². The number of rotatable bonds is 12. The fourth-order valence-corrected chi connectivity index (χ4v) is 3.73. The van der Waals surface area contributed by atoms with Gasteiger partial charge in [-0.1, -0.05) is 69.5 Å². The molecular formula is C32H32N4O2. The highest BCUT2D eigenvalue weighted by molar-refractivity contribution is 6.05. The number of nitrogens with zero attached hydrogens (tertiary/aromatic N) is 2. The highest BCUT2D eigenvalue weighted by Crippen LogP contribution is 2.29. The second kappa shape index (κ2) is 14.0. The van der Waals surface area contributed by atoms with Crippen molar-refractivity contribution in [2.75, 3.05) is 5.32 Å². The molecule has 6 nitrogen and oxygen atoms in total. The molecule has 0 saturated carbocycles. The summed E-state index contributed by atoms with van der Waals surface area (Å²) in [5, 5.41) is 6.41. The molecule has 3 aromatic rings. The van der Waals surface area contributed by atoms with E-state index >= 15 is 0 Å². The van der Waals surface area contributed by atoms with Gasteiger partial charge in [0.15, 0.2) is 0 Å². The third-order valence-corrected chi connectivity index (χ3v) is 5.72. The molecule has 0 fully saturated rings. The number of benzene rings is 2. The first kappa shape index (κ1) is 27.7. The van der Waals surface area contributed by atoms with Crippen LogP contribution in [0.3, 0.4) is 0 Å². The number of nitrogens with one attached hydrogen (secondary N) is 2. The molecule has 1 heterocycles. The van der Waals surface area contributed by atoms with E-state index in [1.807, 2.05) is 73.7 Å². The van der Waals surface area contributed by atoms with Crippen LogP contribution in [0.25, 0.3) is 22.0 Å². The van der Waals surface area contributed by atoms with Crippen molar-refractivity contribution in [1.82, 2.24) is 15.3 Å². The molecule has 0 aliphatic rings. The monoisotopic (exact) mass is 504 g/mol. The molecule has 0 unspecified atom stereocenters. The summed E-state index contributed by atoms with van der Waals surface area (Å²) in [5.74, 6) is -0.266. The predicted molar refractivity (Wildman–Crippen MR) is 157 cm³/mol. The minimum atomic E-state index is -0.266. The second-order valence-corrected chi connectivity index (χ2v) is 8.42. The minimum absolute atomic E-state index is 0.266. The van der Waals surface area contributed by atoms with Gasteiger partial charge in [-0.3, -0.25) is 9.59 Å². The van der Waals surface area contributed by atoms with Crippen LogP contribution < -0.4 is 10.6 Å². The van der Waals surface area contributed by atoms with Gasteiger partial charge in [0, 0.05) is 34.1 Å². The topological polar surface area (TPSA) is 84.0 Å². The number of carbonyl (C=O) groups is 2. The molecule has 0 bridgehead atoms. The van der Waals surface area contributed by atoms with Gasteiger partial charge in [-0.15, -0.1) is 0 Å². The predicted octanol–water partition coefficient (Wildman–Crippen LogP) is 6.78. The van der Waals surface area contributed by atoms with Crippen LogP contribution in [0.5, 0.6) is 0 Å². The summed E-state index contributed by atoms with van der Waals surface area (Å²) >= 11 is 0. The Bertz CT molecular complexity index is 1450. The number of hydrogen-bond donors (Lipinski definition) is 2. The zero-order valence-electron chi connectivity index (χ0n) is 21.8. The van der Waals surface area contributed by atoms with Crippen LogP contribution in [-0.2, 0) is 9.59 Å². The third kappa shape index (κ3) is 7.58. The highest BCUT2D eigenvalue weighted by atomic mass is 16.1. The minimum Gasteiger partial charge on any atom is -0.332 e. The van der Waals surface area contributed by atoms with Crippen LogP contribution in [0.15, 0.2) is 116 Å². The number of aromatic nitrogens is 2. The van der Waals surface area contributed by atoms with E-state index in [0.29, 0.717) is 24.1 Å². The van der Waals surface area contributed by atoms with Crippen LogP contribution in [-0.4, -0.2) is 22.3 Å². The number of anilines is 1. The molecule has 6 heteroatoms. The van der Waals surface area contributed by atoms with Gasteiger partial charge in [-0.25, -0.2) is 9.97 Å². The van der Waals surface area contributed by atoms with Crippen molar-refractivity contribution in [2.45, 2.75) is 26.7 Å². The Kier molecular flexibility index (Phi) is 10.3. The number of hydrogen-bond acceptors (Lipinski definition) is 4. The van der Waals surface area contributed by atoms with E-state index in [-0.39, 0.29) is 5.91 Å². The summed E-state index contributed by atoms with van der Waals surface area (Å²) in [6, 6.07) is 13.3. The smallest absolute Gasteiger partial charge is 0.255 e. The second-order valence-electron chi connectivity index (χ2n) is 8.42. The van der Waals surface area contributed by atoms with E-state index in [4.69, 9.17) is 0 Å². The first-order valence-electron chi connectivity index (χ1n) is 12.4. The molecule has 0 spiro atoms. The highest BCUT2D eigenvalue weighted by Gasteiger charge is 2.10. The zero-order valence-corrected chi connectivity index (χ0v) is 21.8. The maximum Gasteiger partial charge on any atom is 0.255 e. The summed E-state index contributed by atoms with van der Waals surface area (Å²) < 4.78 is 0. The molecule has 0 aliphatic carbocycles. The van der Waals surface area contributed by atoms with Gasteiger partial charge in [-0.2, -0.15) is 0 Å². The van der Waals surface area contributed by atoms with Gasteiger partial charge >= 0.3 is 0 Å². The molecule has 2 aromatic carbocycles. The van der Waals surface area contributed by atoms with Gasteiger partial charge in [0.25, 0.3) is 5.91 Å². The number of para-hydroxylation sites is 1. The normalized spacial score (nSPS) is 12.2. The lowest BCUT2D eigenvalue weighted by Gasteiger charge is -2.11. The van der Waals surface area contributed by atoms with Crippen LogP contribution in [0.1, 0.15) is 37.8 Å². The van der Waals surface area contributed by atoms with Crippen LogP contribution in [0.2, 0.25) is 0 Å². The van der Waals surface area contributed by atoms with E-state index in [1.54, 1.807) is 12.3 Å². The molecule has 0 saturated heterocycles. The molecule has 2 amide bonds. The Hall–Kier alpha value is -4.84. The molecular weight excluding hydrogens is 472 g/mol. The fourth-order valence-electron chi connectivity index (χ4n) is 3.73. The van der Waals surface area contributed by atoms with Crippen molar-refractivity contribution in [3.8, 4) is 0 Å². The Balaban J connectivity index is 1.92. The Morgan fingerprint density at radius 2 is 1.84 bits per heavy atom. The summed E-state index contributed by atoms with van der Waals surface area (Å²) in [4.78, 5) is 32.1. The Morgan fingerprint density at radius 3 is 2.55 bits per heavy atom. The van der Waals surface area contributed by atoms with Gasteiger partial charge in [0.2, 0.25) is 6.41 Å². The van der Waals surface area contributed by atoms with Gasteiger partial charge in [0.1, 0.15) is 6.33 Å². The average molecular weight is 505 g/mol. The molecule has 0 atom stereocenters. The summed E-state index contributed by atoms with van der Waals surface area (Å²) in [5.41, 5.74) is 6.16. The summed E-state index contributed by atoms with van der Waals surface area (Å²) in [6.07, 6.45) is 16.8. The van der Waals surface area contributed by atoms with Crippen LogP contribution >= 0.6 is 0 Å². The van der Waals surface area contributed by atoms with Gasteiger partial charge in [-0.05, 0) is 66.0 Å².